The number of aryl methyl sites for hydroxylation is 2. The van der Waals surface area contributed by atoms with Crippen LogP contribution in [-0.4, -0.2) is 12.6 Å². The van der Waals surface area contributed by atoms with Crippen LogP contribution in [0.5, 0.6) is 0 Å². The van der Waals surface area contributed by atoms with Gasteiger partial charge in [0, 0.05) is 12.6 Å². The van der Waals surface area contributed by atoms with Crippen molar-refractivity contribution in [3.05, 3.63) is 49.8 Å². The maximum Gasteiger partial charge on any atom is 0.250 e. The van der Waals surface area contributed by atoms with E-state index in [4.69, 9.17) is 0 Å². The fourth-order valence-electron chi connectivity index (χ4n) is 3.54. The van der Waals surface area contributed by atoms with E-state index in [-0.39, 0.29) is 10.9 Å². The Labute approximate surface area is 131 Å². The summed E-state index contributed by atoms with van der Waals surface area (Å²) in [5, 5.41) is 0. The molecule has 1 fully saturated rings. The van der Waals surface area contributed by atoms with Crippen molar-refractivity contribution in [1.29, 1.82) is 0 Å². The Morgan fingerprint density at radius 3 is 2.55 bits per heavy atom. The number of rotatable bonds is 3. The Balaban J connectivity index is 2.07. The van der Waals surface area contributed by atoms with Crippen LogP contribution in [0.25, 0.3) is 11.1 Å². The minimum atomic E-state index is -0.321. The summed E-state index contributed by atoms with van der Waals surface area (Å²) in [6.45, 7) is 7.14. The Bertz CT molecular complexity index is 768. The van der Waals surface area contributed by atoms with Gasteiger partial charge in [-0.25, -0.2) is 0 Å². The molecule has 0 N–H and O–H groups in total. The zero-order valence-corrected chi connectivity index (χ0v) is 13.6. The number of nitrogens with zero attached hydrogens (tertiary/aromatic N) is 1. The van der Waals surface area contributed by atoms with E-state index in [0.717, 1.165) is 36.9 Å². The maximum absolute atomic E-state index is 12.2. The van der Waals surface area contributed by atoms with Crippen LogP contribution < -0.4 is 15.8 Å². The van der Waals surface area contributed by atoms with E-state index in [9.17, 15) is 9.59 Å². The lowest BCUT2D eigenvalue weighted by Crippen LogP contribution is -2.48. The average molecular weight is 297 g/mol. The molecule has 1 aliphatic rings. The average Bonchev–Trinajstić information content (AvgIpc) is 2.54. The first-order valence-corrected chi connectivity index (χ1v) is 8.22. The molecule has 2 aromatic rings. The molecule has 0 spiro atoms. The third-order valence-corrected chi connectivity index (χ3v) is 5.07. The highest BCUT2D eigenvalue weighted by Gasteiger charge is 2.31. The molecule has 1 saturated heterocycles. The van der Waals surface area contributed by atoms with Gasteiger partial charge in [-0.05, 0) is 56.2 Å². The van der Waals surface area contributed by atoms with Crippen molar-refractivity contribution in [3.63, 3.8) is 0 Å². The minimum Gasteiger partial charge on any atom is -0.365 e. The molecule has 2 aromatic carbocycles. The summed E-state index contributed by atoms with van der Waals surface area (Å²) in [4.78, 5) is 26.6. The van der Waals surface area contributed by atoms with E-state index in [2.05, 4.69) is 18.7 Å². The van der Waals surface area contributed by atoms with Crippen molar-refractivity contribution in [2.24, 2.45) is 0 Å². The Hall–Kier alpha value is -1.90. The lowest BCUT2D eigenvalue weighted by atomic mass is 9.91. The fraction of sp³-hybridized carbons (Fsp3) is 0.474. The van der Waals surface area contributed by atoms with Crippen LogP contribution in [0.1, 0.15) is 43.7 Å². The number of benzene rings is 1. The van der Waals surface area contributed by atoms with Crippen LogP contribution >= 0.6 is 0 Å². The molecule has 0 bridgehead atoms. The largest absolute Gasteiger partial charge is 0.365 e. The molecule has 22 heavy (non-hydrogen) atoms. The lowest BCUT2D eigenvalue weighted by molar-refractivity contribution is 0.448. The van der Waals surface area contributed by atoms with Crippen molar-refractivity contribution < 1.29 is 0 Å². The Kier molecular flexibility index (Phi) is 3.90. The molecule has 1 aliphatic heterocycles. The summed E-state index contributed by atoms with van der Waals surface area (Å²) in [6.07, 6.45) is 4.44. The molecule has 0 amide bonds. The first-order valence-electron chi connectivity index (χ1n) is 8.22. The van der Waals surface area contributed by atoms with Gasteiger partial charge in [0.25, 0.3) is 0 Å². The first-order chi connectivity index (χ1) is 10.5. The summed E-state index contributed by atoms with van der Waals surface area (Å²) >= 11 is 0. The molecule has 0 aliphatic carbocycles. The van der Waals surface area contributed by atoms with Gasteiger partial charge in [-0.2, -0.15) is 0 Å². The van der Waals surface area contributed by atoms with Crippen LogP contribution in [0.3, 0.4) is 0 Å². The molecule has 3 nitrogen and oxygen atoms in total. The molecule has 0 aromatic heterocycles. The molecule has 116 valence electrons. The van der Waals surface area contributed by atoms with Crippen LogP contribution in [0.4, 0.5) is 5.69 Å². The number of piperidine rings is 1. The first kappa shape index (κ1) is 15.0. The number of hydrogen-bond acceptors (Lipinski definition) is 3. The summed E-state index contributed by atoms with van der Waals surface area (Å²) in [5.41, 5.74) is 3.93. The highest BCUT2D eigenvalue weighted by molar-refractivity contribution is 5.83. The predicted molar refractivity (Wildman–Crippen MR) is 91.5 cm³/mol. The predicted octanol–water partition coefficient (Wildman–Crippen LogP) is 3.34. The topological polar surface area (TPSA) is 37.4 Å². The van der Waals surface area contributed by atoms with Crippen LogP contribution in [0.2, 0.25) is 0 Å². The quantitative estimate of drug-likeness (QED) is 0.815. The van der Waals surface area contributed by atoms with Gasteiger partial charge in [-0.1, -0.05) is 25.1 Å². The Morgan fingerprint density at radius 2 is 1.86 bits per heavy atom. The molecule has 0 saturated carbocycles. The summed E-state index contributed by atoms with van der Waals surface area (Å²) < 4.78 is 0. The van der Waals surface area contributed by atoms with Crippen molar-refractivity contribution in [2.45, 2.75) is 52.5 Å². The van der Waals surface area contributed by atoms with E-state index in [1.165, 1.54) is 12.0 Å². The fourth-order valence-corrected chi connectivity index (χ4v) is 3.54. The highest BCUT2D eigenvalue weighted by Crippen LogP contribution is 2.32. The third-order valence-electron chi connectivity index (χ3n) is 5.07. The maximum atomic E-state index is 12.2. The second-order valence-corrected chi connectivity index (χ2v) is 6.43. The highest BCUT2D eigenvalue weighted by atomic mass is 16.2. The molecule has 0 unspecified atom stereocenters. The summed E-state index contributed by atoms with van der Waals surface area (Å²) in [6, 6.07) is 6.41. The normalized spacial score (nSPS) is 18.9. The van der Waals surface area contributed by atoms with Gasteiger partial charge >= 0.3 is 0 Å². The van der Waals surface area contributed by atoms with Gasteiger partial charge in [0.05, 0.1) is 5.56 Å². The zero-order valence-electron chi connectivity index (χ0n) is 13.6. The Morgan fingerprint density at radius 1 is 1.09 bits per heavy atom. The molecule has 0 radical (unpaired) electrons. The smallest absolute Gasteiger partial charge is 0.250 e. The molecule has 1 atom stereocenters. The lowest BCUT2D eigenvalue weighted by Gasteiger charge is -2.38. The van der Waals surface area contributed by atoms with E-state index in [1.54, 1.807) is 0 Å². The van der Waals surface area contributed by atoms with Gasteiger partial charge < -0.3 is 4.90 Å². The van der Waals surface area contributed by atoms with E-state index < -0.39 is 0 Å². The van der Waals surface area contributed by atoms with Crippen LogP contribution in [0.15, 0.2) is 27.8 Å². The summed E-state index contributed by atoms with van der Waals surface area (Å²) in [7, 11) is 0. The third kappa shape index (κ3) is 2.29. The SMILES string of the molecule is CC[C@H]1CCCCN1c1c(-c2ccc(C)c(C)c2)c(=O)c1=O. The second-order valence-electron chi connectivity index (χ2n) is 6.43. The monoisotopic (exact) mass is 297 g/mol. The van der Waals surface area contributed by atoms with E-state index >= 15 is 0 Å². The molecular weight excluding hydrogens is 274 g/mol. The van der Waals surface area contributed by atoms with Crippen LogP contribution in [0, 0.1) is 13.8 Å². The second kappa shape index (κ2) is 5.71. The molecule has 3 rings (SSSR count). The van der Waals surface area contributed by atoms with Crippen molar-refractivity contribution >= 4 is 5.69 Å². The van der Waals surface area contributed by atoms with Gasteiger partial charge in [-0.15, -0.1) is 0 Å². The van der Waals surface area contributed by atoms with Crippen LogP contribution in [-0.2, 0) is 0 Å². The van der Waals surface area contributed by atoms with Crippen molar-refractivity contribution in [1.82, 2.24) is 0 Å². The van der Waals surface area contributed by atoms with E-state index in [0.29, 0.717) is 17.3 Å². The van der Waals surface area contributed by atoms with Crippen molar-refractivity contribution in [3.8, 4) is 11.1 Å². The van der Waals surface area contributed by atoms with Gasteiger partial charge in [0.1, 0.15) is 5.69 Å². The minimum absolute atomic E-state index is 0.298. The number of anilines is 1. The molecular formula is C19H23NO2. The zero-order chi connectivity index (χ0) is 15.9. The van der Waals surface area contributed by atoms with Gasteiger partial charge in [0.2, 0.25) is 10.9 Å². The van der Waals surface area contributed by atoms with E-state index in [1.807, 2.05) is 25.1 Å². The molecule has 1 heterocycles. The van der Waals surface area contributed by atoms with Crippen molar-refractivity contribution in [2.75, 3.05) is 11.4 Å². The van der Waals surface area contributed by atoms with Gasteiger partial charge in [-0.3, -0.25) is 9.59 Å². The molecule has 3 heteroatoms. The van der Waals surface area contributed by atoms with Gasteiger partial charge in [0.15, 0.2) is 0 Å². The standard InChI is InChI=1S/C19H23NO2/c1-4-15-7-5-6-10-20(15)17-16(18(21)19(17)22)14-9-8-12(2)13(3)11-14/h8-9,11,15H,4-7,10H2,1-3H3/t15-/m0/s1. The number of hydrogen-bond donors (Lipinski definition) is 0. The summed E-state index contributed by atoms with van der Waals surface area (Å²) in [5.74, 6) is 0.